The summed E-state index contributed by atoms with van der Waals surface area (Å²) in [6.45, 7) is 0.839. The third kappa shape index (κ3) is 1.93. The van der Waals surface area contributed by atoms with Gasteiger partial charge in [0.05, 0.1) is 7.11 Å². The van der Waals surface area contributed by atoms with Crippen LogP contribution in [0.4, 0.5) is 0 Å². The lowest BCUT2D eigenvalue weighted by atomic mass is 9.69. The zero-order valence-corrected chi connectivity index (χ0v) is 11.2. The molecule has 2 heteroatoms. The molecule has 3 rings (SSSR count). The molecule has 2 aliphatic rings. The maximum atomic E-state index is 6.14. The molecule has 3 atom stereocenters. The van der Waals surface area contributed by atoms with Gasteiger partial charge in [-0.1, -0.05) is 18.6 Å². The van der Waals surface area contributed by atoms with E-state index in [-0.39, 0.29) is 0 Å². The van der Waals surface area contributed by atoms with Crippen LogP contribution >= 0.6 is 0 Å². The van der Waals surface area contributed by atoms with Crippen molar-refractivity contribution in [3.05, 3.63) is 29.8 Å². The number of nitrogens with two attached hydrogens (primary N) is 1. The summed E-state index contributed by atoms with van der Waals surface area (Å²) < 4.78 is 5.32. The first-order valence-corrected chi connectivity index (χ1v) is 7.09. The highest BCUT2D eigenvalue weighted by Crippen LogP contribution is 2.56. The SMILES string of the molecule is COc1cccc(CC2(CN)CC3CCC2C3)c1. The Hall–Kier alpha value is -1.02. The second-order valence-corrected chi connectivity index (χ2v) is 6.17. The van der Waals surface area contributed by atoms with Gasteiger partial charge in [-0.2, -0.15) is 0 Å². The molecule has 98 valence electrons. The summed E-state index contributed by atoms with van der Waals surface area (Å²) in [5.41, 5.74) is 7.89. The molecular formula is C16H23NO. The molecular weight excluding hydrogens is 222 g/mol. The molecule has 1 aromatic rings. The molecule has 0 amide bonds. The Bertz CT molecular complexity index is 431. The molecule has 0 saturated heterocycles. The molecule has 0 aromatic heterocycles. The van der Waals surface area contributed by atoms with E-state index in [1.807, 2.05) is 6.07 Å². The molecule has 2 saturated carbocycles. The van der Waals surface area contributed by atoms with Crippen molar-refractivity contribution >= 4 is 0 Å². The van der Waals surface area contributed by atoms with E-state index in [9.17, 15) is 0 Å². The largest absolute Gasteiger partial charge is 0.497 e. The van der Waals surface area contributed by atoms with Crippen molar-refractivity contribution in [3.63, 3.8) is 0 Å². The zero-order chi connectivity index (χ0) is 12.6. The van der Waals surface area contributed by atoms with Crippen molar-refractivity contribution in [2.24, 2.45) is 23.0 Å². The highest BCUT2D eigenvalue weighted by molar-refractivity contribution is 5.29. The summed E-state index contributed by atoms with van der Waals surface area (Å²) in [6.07, 6.45) is 6.71. The number of fused-ring (bicyclic) bond motifs is 2. The monoisotopic (exact) mass is 245 g/mol. The van der Waals surface area contributed by atoms with Crippen molar-refractivity contribution in [2.45, 2.75) is 32.1 Å². The lowest BCUT2D eigenvalue weighted by Gasteiger charge is -2.37. The fourth-order valence-corrected chi connectivity index (χ4v) is 4.29. The van der Waals surface area contributed by atoms with Gasteiger partial charge in [-0.25, -0.2) is 0 Å². The lowest BCUT2D eigenvalue weighted by Crippen LogP contribution is -2.37. The zero-order valence-electron chi connectivity index (χ0n) is 11.2. The highest BCUT2D eigenvalue weighted by Gasteiger charge is 2.49. The summed E-state index contributed by atoms with van der Waals surface area (Å²) in [7, 11) is 1.73. The first-order valence-electron chi connectivity index (χ1n) is 7.09. The Kier molecular flexibility index (Phi) is 3.06. The molecule has 0 radical (unpaired) electrons. The van der Waals surface area contributed by atoms with Crippen LogP contribution in [-0.4, -0.2) is 13.7 Å². The molecule has 2 N–H and O–H groups in total. The van der Waals surface area contributed by atoms with Crippen LogP contribution < -0.4 is 10.5 Å². The summed E-state index contributed by atoms with van der Waals surface area (Å²) in [5.74, 6) is 2.77. The van der Waals surface area contributed by atoms with E-state index in [4.69, 9.17) is 10.5 Å². The molecule has 2 aliphatic carbocycles. The van der Waals surface area contributed by atoms with Gasteiger partial charge in [-0.15, -0.1) is 0 Å². The van der Waals surface area contributed by atoms with Crippen LogP contribution in [0.1, 0.15) is 31.2 Å². The quantitative estimate of drug-likeness (QED) is 0.885. The summed E-state index contributed by atoms with van der Waals surface area (Å²) in [4.78, 5) is 0. The Labute approximate surface area is 110 Å². The van der Waals surface area contributed by atoms with E-state index in [1.54, 1.807) is 7.11 Å². The number of rotatable bonds is 4. The lowest BCUT2D eigenvalue weighted by molar-refractivity contribution is 0.171. The summed E-state index contributed by atoms with van der Waals surface area (Å²) in [5, 5.41) is 0. The van der Waals surface area contributed by atoms with Gasteiger partial charge in [0.2, 0.25) is 0 Å². The van der Waals surface area contributed by atoms with Crippen LogP contribution in [0.25, 0.3) is 0 Å². The molecule has 2 bridgehead atoms. The molecule has 2 nitrogen and oxygen atoms in total. The van der Waals surface area contributed by atoms with Crippen molar-refractivity contribution in [1.29, 1.82) is 0 Å². The number of hydrogen-bond donors (Lipinski definition) is 1. The maximum absolute atomic E-state index is 6.14. The molecule has 1 aromatic carbocycles. The van der Waals surface area contributed by atoms with Crippen molar-refractivity contribution in [1.82, 2.24) is 0 Å². The molecule has 0 aliphatic heterocycles. The average Bonchev–Trinajstić information content (AvgIpc) is 3.00. The molecule has 0 spiro atoms. The van der Waals surface area contributed by atoms with E-state index in [0.29, 0.717) is 5.41 Å². The van der Waals surface area contributed by atoms with Crippen LogP contribution in [-0.2, 0) is 6.42 Å². The van der Waals surface area contributed by atoms with E-state index in [2.05, 4.69) is 18.2 Å². The number of ether oxygens (including phenoxy) is 1. The van der Waals surface area contributed by atoms with Crippen molar-refractivity contribution < 1.29 is 4.74 Å². The van der Waals surface area contributed by atoms with Gasteiger partial charge in [0, 0.05) is 0 Å². The fourth-order valence-electron chi connectivity index (χ4n) is 4.29. The number of methoxy groups -OCH3 is 1. The molecule has 0 heterocycles. The van der Waals surface area contributed by atoms with Gasteiger partial charge < -0.3 is 10.5 Å². The first kappa shape index (κ1) is 12.0. The maximum Gasteiger partial charge on any atom is 0.119 e. The normalized spacial score (nSPS) is 33.9. The van der Waals surface area contributed by atoms with Gasteiger partial charge >= 0.3 is 0 Å². The van der Waals surface area contributed by atoms with Crippen LogP contribution in [0.15, 0.2) is 24.3 Å². The van der Waals surface area contributed by atoms with Crippen LogP contribution in [0.3, 0.4) is 0 Å². The van der Waals surface area contributed by atoms with Gasteiger partial charge in [-0.05, 0) is 67.2 Å². The predicted molar refractivity (Wildman–Crippen MR) is 73.6 cm³/mol. The third-order valence-corrected chi connectivity index (χ3v) is 5.20. The van der Waals surface area contributed by atoms with Crippen LogP contribution in [0, 0.1) is 17.3 Å². The predicted octanol–water partition coefficient (Wildman–Crippen LogP) is 3.00. The topological polar surface area (TPSA) is 35.2 Å². The average molecular weight is 245 g/mol. The molecule has 3 unspecified atom stereocenters. The van der Waals surface area contributed by atoms with E-state index >= 15 is 0 Å². The molecule has 2 fully saturated rings. The standard InChI is InChI=1S/C16H23NO/c1-18-15-4-2-3-12(8-15)9-16(11-17)10-13-5-6-14(16)7-13/h2-4,8,13-14H,5-7,9-11,17H2,1H3. The second kappa shape index (κ2) is 4.58. The Morgan fingerprint density at radius 1 is 1.39 bits per heavy atom. The molecule has 18 heavy (non-hydrogen) atoms. The van der Waals surface area contributed by atoms with E-state index in [1.165, 1.54) is 31.2 Å². The third-order valence-electron chi connectivity index (χ3n) is 5.20. The van der Waals surface area contributed by atoms with Crippen molar-refractivity contribution in [3.8, 4) is 5.75 Å². The van der Waals surface area contributed by atoms with Gasteiger partial charge in [0.25, 0.3) is 0 Å². The van der Waals surface area contributed by atoms with Crippen molar-refractivity contribution in [2.75, 3.05) is 13.7 Å². The number of benzene rings is 1. The smallest absolute Gasteiger partial charge is 0.119 e. The first-order chi connectivity index (χ1) is 8.75. The second-order valence-electron chi connectivity index (χ2n) is 6.17. The van der Waals surface area contributed by atoms with E-state index in [0.717, 1.165) is 30.6 Å². The van der Waals surface area contributed by atoms with Crippen LogP contribution in [0.5, 0.6) is 5.75 Å². The van der Waals surface area contributed by atoms with Gasteiger partial charge in [-0.3, -0.25) is 0 Å². The fraction of sp³-hybridized carbons (Fsp3) is 0.625. The number of hydrogen-bond acceptors (Lipinski definition) is 2. The minimum Gasteiger partial charge on any atom is -0.497 e. The Morgan fingerprint density at radius 2 is 2.28 bits per heavy atom. The van der Waals surface area contributed by atoms with E-state index < -0.39 is 0 Å². The Balaban J connectivity index is 1.81. The van der Waals surface area contributed by atoms with Gasteiger partial charge in [0.15, 0.2) is 0 Å². The van der Waals surface area contributed by atoms with Crippen LogP contribution in [0.2, 0.25) is 0 Å². The minimum absolute atomic E-state index is 0.370. The summed E-state index contributed by atoms with van der Waals surface area (Å²) in [6, 6.07) is 8.49. The van der Waals surface area contributed by atoms with Gasteiger partial charge in [0.1, 0.15) is 5.75 Å². The summed E-state index contributed by atoms with van der Waals surface area (Å²) >= 11 is 0. The highest BCUT2D eigenvalue weighted by atomic mass is 16.5. The Morgan fingerprint density at radius 3 is 2.89 bits per heavy atom. The minimum atomic E-state index is 0.370.